The van der Waals surface area contributed by atoms with Gasteiger partial charge in [0, 0.05) is 0 Å². The normalized spacial score (nSPS) is 9.86. The van der Waals surface area contributed by atoms with Gasteiger partial charge in [0.15, 0.2) is 6.61 Å². The van der Waals surface area contributed by atoms with Crippen LogP contribution in [0.2, 0.25) is 0 Å². The van der Waals surface area contributed by atoms with Crippen molar-refractivity contribution in [3.8, 4) is 5.75 Å². The molecule has 74 valence electrons. The number of hydrogen-bond donors (Lipinski definition) is 1. The Balaban J connectivity index is 2.91. The van der Waals surface area contributed by atoms with Crippen LogP contribution in [0, 0.1) is 13.8 Å². The van der Waals surface area contributed by atoms with E-state index < -0.39 is 5.97 Å². The van der Waals surface area contributed by atoms with E-state index in [2.05, 4.69) is 0 Å². The Kier molecular flexibility index (Phi) is 3.17. The highest BCUT2D eigenvalue weighted by Gasteiger charge is 2.06. The Morgan fingerprint density at radius 2 is 1.93 bits per heavy atom. The number of ether oxygens (including phenoxy) is 1. The van der Waals surface area contributed by atoms with Crippen molar-refractivity contribution < 1.29 is 14.6 Å². The summed E-state index contributed by atoms with van der Waals surface area (Å²) in [7, 11) is 2.00. The summed E-state index contributed by atoms with van der Waals surface area (Å²) in [5.74, 6) is -0.276. The Labute approximate surface area is 84.1 Å². The van der Waals surface area contributed by atoms with Crippen LogP contribution in [-0.2, 0) is 4.79 Å². The number of carbonyl (C=O) groups is 1. The molecule has 0 saturated heterocycles. The molecule has 1 N–H and O–H groups in total. The van der Waals surface area contributed by atoms with Crippen molar-refractivity contribution in [1.29, 1.82) is 0 Å². The number of carboxylic acids is 1. The van der Waals surface area contributed by atoms with Gasteiger partial charge >= 0.3 is 5.97 Å². The van der Waals surface area contributed by atoms with Crippen molar-refractivity contribution >= 4 is 19.3 Å². The summed E-state index contributed by atoms with van der Waals surface area (Å²) in [5, 5.41) is 8.49. The summed E-state index contributed by atoms with van der Waals surface area (Å²) in [6, 6.07) is 3.95. The van der Waals surface area contributed by atoms with Gasteiger partial charge in [-0.1, -0.05) is 17.6 Å². The molecule has 1 aromatic rings. The molecule has 0 aliphatic rings. The van der Waals surface area contributed by atoms with E-state index in [1.165, 1.54) is 0 Å². The average molecular weight is 192 g/mol. The molecule has 4 heteroatoms. The van der Waals surface area contributed by atoms with Crippen LogP contribution in [0.3, 0.4) is 0 Å². The molecule has 0 aromatic heterocycles. The van der Waals surface area contributed by atoms with Crippen LogP contribution in [0.5, 0.6) is 5.75 Å². The van der Waals surface area contributed by atoms with E-state index in [1.807, 2.05) is 33.8 Å². The van der Waals surface area contributed by atoms with Gasteiger partial charge in [-0.15, -0.1) is 0 Å². The second-order valence-corrected chi connectivity index (χ2v) is 3.41. The lowest BCUT2D eigenvalue weighted by molar-refractivity contribution is -0.139. The quantitative estimate of drug-likeness (QED) is 0.687. The van der Waals surface area contributed by atoms with Crippen molar-refractivity contribution in [2.75, 3.05) is 6.61 Å². The molecule has 0 saturated carbocycles. The largest absolute Gasteiger partial charge is 0.481 e. The molecule has 0 amide bonds. The monoisotopic (exact) mass is 192 g/mol. The topological polar surface area (TPSA) is 46.5 Å². The third-order valence-corrected chi connectivity index (χ3v) is 1.94. The molecule has 0 spiro atoms. The van der Waals surface area contributed by atoms with Crippen LogP contribution >= 0.6 is 0 Å². The Morgan fingerprint density at radius 1 is 1.43 bits per heavy atom. The number of carboxylic acid groups (broad SMARTS) is 1. The standard InChI is InChI=1S/C10H13BO3/c1-6-3-8(11)4-7(2)10(6)14-5-9(12)13/h3-4H,5,11H2,1-2H3,(H,12,13). The van der Waals surface area contributed by atoms with E-state index in [0.29, 0.717) is 5.75 Å². The first-order valence-electron chi connectivity index (χ1n) is 4.43. The molecule has 14 heavy (non-hydrogen) atoms. The van der Waals surface area contributed by atoms with Crippen molar-refractivity contribution in [2.45, 2.75) is 13.8 Å². The van der Waals surface area contributed by atoms with E-state index in [1.54, 1.807) is 0 Å². The van der Waals surface area contributed by atoms with Gasteiger partial charge < -0.3 is 9.84 Å². The highest BCUT2D eigenvalue weighted by Crippen LogP contribution is 2.20. The zero-order valence-electron chi connectivity index (χ0n) is 8.63. The molecule has 0 radical (unpaired) electrons. The minimum Gasteiger partial charge on any atom is -0.481 e. The molecule has 0 aliphatic heterocycles. The first kappa shape index (κ1) is 10.6. The SMILES string of the molecule is Bc1cc(C)c(OCC(=O)O)c(C)c1. The fraction of sp³-hybridized carbons (Fsp3) is 0.300. The highest BCUT2D eigenvalue weighted by molar-refractivity contribution is 6.32. The molecule has 0 fully saturated rings. The maximum atomic E-state index is 10.3. The summed E-state index contributed by atoms with van der Waals surface area (Å²) in [6.07, 6.45) is 0. The Hall–Kier alpha value is -1.45. The van der Waals surface area contributed by atoms with Crippen molar-refractivity contribution in [2.24, 2.45) is 0 Å². The molecule has 1 rings (SSSR count). The van der Waals surface area contributed by atoms with Crippen molar-refractivity contribution in [3.63, 3.8) is 0 Å². The first-order chi connectivity index (χ1) is 6.50. The van der Waals surface area contributed by atoms with Gasteiger partial charge in [-0.3, -0.25) is 0 Å². The van der Waals surface area contributed by atoms with Gasteiger partial charge in [0.1, 0.15) is 13.6 Å². The van der Waals surface area contributed by atoms with E-state index >= 15 is 0 Å². The van der Waals surface area contributed by atoms with E-state index in [0.717, 1.165) is 16.6 Å². The van der Waals surface area contributed by atoms with Crippen molar-refractivity contribution in [1.82, 2.24) is 0 Å². The highest BCUT2D eigenvalue weighted by atomic mass is 16.5. The van der Waals surface area contributed by atoms with E-state index in [-0.39, 0.29) is 6.61 Å². The smallest absolute Gasteiger partial charge is 0.341 e. The van der Waals surface area contributed by atoms with Gasteiger partial charge in [-0.2, -0.15) is 0 Å². The third-order valence-electron chi connectivity index (χ3n) is 1.94. The van der Waals surface area contributed by atoms with E-state index in [9.17, 15) is 4.79 Å². The lowest BCUT2D eigenvalue weighted by atomic mass is 9.92. The molecule has 0 atom stereocenters. The van der Waals surface area contributed by atoms with Crippen LogP contribution in [0.4, 0.5) is 0 Å². The predicted octanol–water partition coefficient (Wildman–Crippen LogP) is 0.0252. The number of aryl methyl sites for hydroxylation is 2. The van der Waals surface area contributed by atoms with Crippen LogP contribution in [0.1, 0.15) is 11.1 Å². The minimum absolute atomic E-state index is 0.287. The minimum atomic E-state index is -0.954. The number of aliphatic carboxylic acids is 1. The zero-order valence-corrected chi connectivity index (χ0v) is 8.63. The molecule has 0 heterocycles. The molecule has 0 bridgehead atoms. The molecule has 0 unspecified atom stereocenters. The van der Waals surface area contributed by atoms with Gasteiger partial charge in [0.25, 0.3) is 0 Å². The summed E-state index contributed by atoms with van der Waals surface area (Å²) in [6.45, 7) is 3.54. The van der Waals surface area contributed by atoms with Crippen LogP contribution in [0.25, 0.3) is 0 Å². The fourth-order valence-electron chi connectivity index (χ4n) is 1.53. The fourth-order valence-corrected chi connectivity index (χ4v) is 1.53. The summed E-state index contributed by atoms with van der Waals surface area (Å²) >= 11 is 0. The van der Waals surface area contributed by atoms with Crippen LogP contribution in [0.15, 0.2) is 12.1 Å². The lowest BCUT2D eigenvalue weighted by Gasteiger charge is -2.11. The van der Waals surface area contributed by atoms with Gasteiger partial charge in [0.05, 0.1) is 0 Å². The van der Waals surface area contributed by atoms with Gasteiger partial charge in [0.2, 0.25) is 0 Å². The molecule has 0 aliphatic carbocycles. The second kappa shape index (κ2) is 4.18. The van der Waals surface area contributed by atoms with Crippen LogP contribution in [-0.4, -0.2) is 25.5 Å². The number of hydrogen-bond acceptors (Lipinski definition) is 2. The third kappa shape index (κ3) is 2.52. The number of rotatable bonds is 3. The van der Waals surface area contributed by atoms with Gasteiger partial charge in [-0.25, -0.2) is 4.79 Å². The van der Waals surface area contributed by atoms with Gasteiger partial charge in [-0.05, 0) is 25.0 Å². The Morgan fingerprint density at radius 3 is 2.36 bits per heavy atom. The zero-order chi connectivity index (χ0) is 10.7. The van der Waals surface area contributed by atoms with E-state index in [4.69, 9.17) is 9.84 Å². The lowest BCUT2D eigenvalue weighted by Crippen LogP contribution is -2.13. The molecule has 3 nitrogen and oxygen atoms in total. The summed E-state index contributed by atoms with van der Waals surface area (Å²) < 4.78 is 5.18. The molecule has 1 aromatic carbocycles. The second-order valence-electron chi connectivity index (χ2n) is 3.41. The molecular weight excluding hydrogens is 179 g/mol. The van der Waals surface area contributed by atoms with Crippen molar-refractivity contribution in [3.05, 3.63) is 23.3 Å². The summed E-state index contributed by atoms with van der Waals surface area (Å²) in [5.41, 5.74) is 3.11. The maximum Gasteiger partial charge on any atom is 0.341 e. The summed E-state index contributed by atoms with van der Waals surface area (Å²) in [4.78, 5) is 10.3. The predicted molar refractivity (Wildman–Crippen MR) is 57.2 cm³/mol. The van der Waals surface area contributed by atoms with Crippen LogP contribution < -0.4 is 10.2 Å². The maximum absolute atomic E-state index is 10.3. The first-order valence-corrected chi connectivity index (χ1v) is 4.43. The Bertz CT molecular complexity index is 337. The molecular formula is C10H13BO3. The average Bonchev–Trinajstić information content (AvgIpc) is 2.01. The number of benzene rings is 1.